The van der Waals surface area contributed by atoms with Gasteiger partial charge in [0.05, 0.1) is 12.5 Å². The molecule has 1 saturated heterocycles. The topological polar surface area (TPSA) is 73.9 Å². The third-order valence-corrected chi connectivity index (χ3v) is 4.02. The zero-order valence-electron chi connectivity index (χ0n) is 27.0. The Bertz CT molecular complexity index is 651. The molecule has 1 fully saturated rings. The summed E-state index contributed by atoms with van der Waals surface area (Å²) in [5.74, 6) is -0.319. The van der Waals surface area contributed by atoms with Crippen molar-refractivity contribution in [2.24, 2.45) is 0 Å². The van der Waals surface area contributed by atoms with Gasteiger partial charge in [-0.05, 0) is 47.7 Å². The Morgan fingerprint density at radius 1 is 1.05 bits per heavy atom. The van der Waals surface area contributed by atoms with Crippen molar-refractivity contribution in [1.29, 1.82) is 0 Å². The molecule has 0 bridgehead atoms. The second kappa shape index (κ2) is 32.7. The molecule has 0 aromatic carbocycles. The van der Waals surface area contributed by atoms with Crippen LogP contribution in [0.5, 0.6) is 0 Å². The summed E-state index contributed by atoms with van der Waals surface area (Å²) in [6.45, 7) is 33.8. The van der Waals surface area contributed by atoms with Crippen molar-refractivity contribution in [2.45, 2.75) is 120 Å². The Labute approximate surface area is 236 Å². The van der Waals surface area contributed by atoms with E-state index in [-0.39, 0.29) is 18.5 Å². The molecule has 1 aliphatic heterocycles. The summed E-state index contributed by atoms with van der Waals surface area (Å²) in [5, 5.41) is 2.69. The molecule has 222 valence electrons. The van der Waals surface area contributed by atoms with E-state index in [1.54, 1.807) is 18.4 Å². The zero-order chi connectivity index (χ0) is 31.2. The molecule has 1 aliphatic rings. The van der Waals surface area contributed by atoms with Crippen molar-refractivity contribution < 1.29 is 23.6 Å². The second-order valence-corrected chi connectivity index (χ2v) is 8.21. The maximum atomic E-state index is 11.9. The van der Waals surface area contributed by atoms with Crippen molar-refractivity contribution in [1.82, 2.24) is 5.32 Å². The molecule has 0 aliphatic carbocycles. The van der Waals surface area contributed by atoms with Crippen LogP contribution in [-0.4, -0.2) is 44.2 Å². The predicted molar refractivity (Wildman–Crippen MR) is 168 cm³/mol. The number of allylic oxidation sites excluding steroid dienone is 6. The number of hydrogen-bond donors (Lipinski definition) is 1. The minimum absolute atomic E-state index is 0.135. The standard InChI is InChI=1S/C15H25BO5.C7H10.C3H7N.3C2H6/c1-6-11(2)9-16-20-12(7-13(10-17)21-16)8-14(18)19-15(3,4)5;1-4-6-7(3)5-2;1-3-4-2;3*1-2/h6,10,12-13H,7-9H2,1-5H3;4-6H,1-2H2,3H3;3-4H,1H2,2H3;3*1-2H3/b11-6+;7-6-;;;;. The second-order valence-electron chi connectivity index (χ2n) is 8.21. The molecule has 0 amide bonds. The highest BCUT2D eigenvalue weighted by Gasteiger charge is 2.35. The van der Waals surface area contributed by atoms with Crippen molar-refractivity contribution in [3.05, 3.63) is 61.4 Å². The number of rotatable bonds is 8. The first kappa shape index (κ1) is 45.5. The summed E-state index contributed by atoms with van der Waals surface area (Å²) in [5.41, 5.74) is 1.74. The number of ether oxygens (including phenoxy) is 1. The highest BCUT2D eigenvalue weighted by molar-refractivity contribution is 6.45. The average molecular weight is 538 g/mol. The van der Waals surface area contributed by atoms with Gasteiger partial charge in [-0.3, -0.25) is 4.79 Å². The van der Waals surface area contributed by atoms with Gasteiger partial charge in [-0.15, -0.1) is 0 Å². The lowest BCUT2D eigenvalue weighted by Crippen LogP contribution is -2.43. The summed E-state index contributed by atoms with van der Waals surface area (Å²) in [6, 6.07) is 0. The molecule has 7 heteroatoms. The van der Waals surface area contributed by atoms with Gasteiger partial charge in [0.1, 0.15) is 18.0 Å². The fourth-order valence-corrected chi connectivity index (χ4v) is 2.33. The first-order valence-corrected chi connectivity index (χ1v) is 13.8. The third-order valence-electron chi connectivity index (χ3n) is 4.02. The normalized spacial score (nSPS) is 16.2. The van der Waals surface area contributed by atoms with Crippen LogP contribution in [0, 0.1) is 0 Å². The van der Waals surface area contributed by atoms with Crippen molar-refractivity contribution in [3.8, 4) is 0 Å². The van der Waals surface area contributed by atoms with Crippen molar-refractivity contribution >= 4 is 19.4 Å². The quantitative estimate of drug-likeness (QED) is 0.110. The summed E-state index contributed by atoms with van der Waals surface area (Å²) in [4.78, 5) is 22.9. The van der Waals surface area contributed by atoms with Crippen LogP contribution < -0.4 is 5.32 Å². The molecular formula is C31H60BNO5. The molecule has 1 heterocycles. The smallest absolute Gasteiger partial charge is 0.460 e. The van der Waals surface area contributed by atoms with Gasteiger partial charge in [-0.25, -0.2) is 0 Å². The fraction of sp³-hybridized carbons (Fsp3) is 0.613. The Balaban J connectivity index is -0.000000176. The van der Waals surface area contributed by atoms with E-state index in [1.165, 1.54) is 0 Å². The number of nitrogens with one attached hydrogen (secondary N) is 1. The minimum atomic E-state index is -0.527. The van der Waals surface area contributed by atoms with Crippen LogP contribution in [0.1, 0.15) is 95.9 Å². The van der Waals surface area contributed by atoms with Crippen LogP contribution in [0.15, 0.2) is 61.4 Å². The highest BCUT2D eigenvalue weighted by atomic mass is 16.6. The first-order chi connectivity index (χ1) is 18.0. The molecule has 2 unspecified atom stereocenters. The van der Waals surface area contributed by atoms with Crippen LogP contribution in [0.4, 0.5) is 0 Å². The lowest BCUT2D eigenvalue weighted by atomic mass is 9.78. The Morgan fingerprint density at radius 3 is 1.87 bits per heavy atom. The van der Waals surface area contributed by atoms with Crippen molar-refractivity contribution in [2.75, 3.05) is 7.05 Å². The first-order valence-electron chi connectivity index (χ1n) is 13.8. The van der Waals surface area contributed by atoms with Gasteiger partial charge in [0, 0.05) is 19.8 Å². The van der Waals surface area contributed by atoms with Gasteiger partial charge in [-0.1, -0.05) is 96.7 Å². The number of hydrogen-bond acceptors (Lipinski definition) is 6. The Morgan fingerprint density at radius 2 is 1.55 bits per heavy atom. The van der Waals surface area contributed by atoms with E-state index < -0.39 is 18.8 Å². The van der Waals surface area contributed by atoms with Gasteiger partial charge < -0.3 is 24.2 Å². The van der Waals surface area contributed by atoms with Crippen LogP contribution in [0.3, 0.4) is 0 Å². The Kier molecular flexibility index (Phi) is 39.1. The molecule has 1 N–H and O–H groups in total. The van der Waals surface area contributed by atoms with Gasteiger partial charge in [0.2, 0.25) is 0 Å². The lowest BCUT2D eigenvalue weighted by Gasteiger charge is -2.32. The molecular weight excluding hydrogens is 477 g/mol. The van der Waals surface area contributed by atoms with E-state index >= 15 is 0 Å². The molecule has 0 spiro atoms. The molecule has 0 aromatic heterocycles. The van der Waals surface area contributed by atoms with Crippen LogP contribution in [-0.2, 0) is 23.6 Å². The van der Waals surface area contributed by atoms with Crippen LogP contribution in [0.2, 0.25) is 6.32 Å². The summed E-state index contributed by atoms with van der Waals surface area (Å²) in [6.07, 6.45) is 10.0. The Hall–Kier alpha value is -2.38. The van der Waals surface area contributed by atoms with E-state index in [9.17, 15) is 9.59 Å². The molecule has 0 radical (unpaired) electrons. The largest absolute Gasteiger partial charge is 0.461 e. The maximum absolute atomic E-state index is 11.9. The molecule has 0 aromatic rings. The molecule has 6 nitrogen and oxygen atoms in total. The van der Waals surface area contributed by atoms with Gasteiger partial charge >= 0.3 is 13.1 Å². The number of carbonyl (C=O) groups is 2. The minimum Gasteiger partial charge on any atom is -0.460 e. The monoisotopic (exact) mass is 537 g/mol. The van der Waals surface area contributed by atoms with Crippen LogP contribution >= 0.6 is 0 Å². The average Bonchev–Trinajstić information content (AvgIpc) is 2.91. The van der Waals surface area contributed by atoms with E-state index in [4.69, 9.17) is 14.0 Å². The van der Waals surface area contributed by atoms with E-state index in [1.807, 2.05) is 102 Å². The van der Waals surface area contributed by atoms with Gasteiger partial charge in [0.25, 0.3) is 0 Å². The number of carbonyl (C=O) groups excluding carboxylic acids is 2. The third kappa shape index (κ3) is 33.6. The van der Waals surface area contributed by atoms with Crippen LogP contribution in [0.25, 0.3) is 0 Å². The van der Waals surface area contributed by atoms with E-state index in [0.717, 1.165) is 17.4 Å². The van der Waals surface area contributed by atoms with Gasteiger partial charge in [-0.2, -0.15) is 0 Å². The predicted octanol–water partition coefficient (Wildman–Crippen LogP) is 8.28. The van der Waals surface area contributed by atoms with Crippen molar-refractivity contribution in [3.63, 3.8) is 0 Å². The van der Waals surface area contributed by atoms with Gasteiger partial charge in [0.15, 0.2) is 0 Å². The lowest BCUT2D eigenvalue weighted by molar-refractivity contribution is -0.158. The maximum Gasteiger partial charge on any atom is 0.461 e. The van der Waals surface area contributed by atoms with E-state index in [2.05, 4.69) is 25.1 Å². The number of aldehydes is 1. The fourth-order valence-electron chi connectivity index (χ4n) is 2.33. The molecule has 0 saturated carbocycles. The van der Waals surface area contributed by atoms with E-state index in [0.29, 0.717) is 12.7 Å². The zero-order valence-corrected chi connectivity index (χ0v) is 27.0. The summed E-state index contributed by atoms with van der Waals surface area (Å²) >= 11 is 0. The molecule has 2 atom stereocenters. The SMILES string of the molecule is C/C=C(\C)CB1OC(C=O)CC(CC(=O)OC(C)(C)C)O1.C=C/C=C(/C)C=C.C=CNC.CC.CC.CC. The summed E-state index contributed by atoms with van der Waals surface area (Å²) in [7, 11) is 1.32. The number of esters is 1. The molecule has 38 heavy (non-hydrogen) atoms. The summed E-state index contributed by atoms with van der Waals surface area (Å²) < 4.78 is 16.6. The highest BCUT2D eigenvalue weighted by Crippen LogP contribution is 2.23. The molecule has 1 rings (SSSR count).